The number of thiophene rings is 2. The standard InChI is InChI=1S/C26H24N4O3S2/c1-13-15(3)35-26-22(13)23(27-20(12-21(32)33-5)25-29-28-16(4)30(25)26)18-8-6-17(7-9-18)19-10-11-34-24(19)14(2)31/h6-11,20H,12H2,1-5H3/t20-/m0/s1. The van der Waals surface area contributed by atoms with Gasteiger partial charge < -0.3 is 4.74 Å². The number of Topliss-reactive ketones (excluding diaryl/α,β-unsaturated/α-hetero) is 1. The molecule has 1 aliphatic heterocycles. The van der Waals surface area contributed by atoms with Crippen LogP contribution in [0.5, 0.6) is 0 Å². The summed E-state index contributed by atoms with van der Waals surface area (Å²) in [5.41, 5.74) is 5.82. The van der Waals surface area contributed by atoms with Crippen molar-refractivity contribution in [3.8, 4) is 16.1 Å². The van der Waals surface area contributed by atoms with E-state index in [4.69, 9.17) is 9.73 Å². The number of rotatable bonds is 5. The van der Waals surface area contributed by atoms with Gasteiger partial charge in [-0.05, 0) is 50.3 Å². The number of carbonyl (C=O) groups is 2. The lowest BCUT2D eigenvalue weighted by atomic mass is 9.97. The minimum absolute atomic E-state index is 0.0604. The van der Waals surface area contributed by atoms with Crippen LogP contribution in [0, 0.1) is 20.8 Å². The molecule has 0 amide bonds. The summed E-state index contributed by atoms with van der Waals surface area (Å²) in [6.07, 6.45) is 0.0695. The Kier molecular flexibility index (Phi) is 5.98. The highest BCUT2D eigenvalue weighted by atomic mass is 32.1. The van der Waals surface area contributed by atoms with Crippen LogP contribution in [0.1, 0.15) is 62.3 Å². The van der Waals surface area contributed by atoms with Gasteiger partial charge in [0, 0.05) is 21.6 Å². The van der Waals surface area contributed by atoms with E-state index >= 15 is 0 Å². The van der Waals surface area contributed by atoms with Crippen molar-refractivity contribution in [1.82, 2.24) is 14.8 Å². The Morgan fingerprint density at radius 1 is 1.06 bits per heavy atom. The minimum atomic E-state index is -0.529. The summed E-state index contributed by atoms with van der Waals surface area (Å²) in [4.78, 5) is 31.3. The van der Waals surface area contributed by atoms with Crippen molar-refractivity contribution in [2.45, 2.75) is 40.2 Å². The van der Waals surface area contributed by atoms with Crippen molar-refractivity contribution < 1.29 is 14.3 Å². The smallest absolute Gasteiger partial charge is 0.308 e. The number of ketones is 1. The van der Waals surface area contributed by atoms with Crippen LogP contribution in [0.2, 0.25) is 0 Å². The van der Waals surface area contributed by atoms with Crippen LogP contribution >= 0.6 is 22.7 Å². The fraction of sp³-hybridized carbons (Fsp3) is 0.269. The third kappa shape index (κ3) is 3.94. The molecule has 1 aromatic carbocycles. The Labute approximate surface area is 211 Å². The highest BCUT2D eigenvalue weighted by Gasteiger charge is 2.32. The molecule has 0 radical (unpaired) electrons. The average molecular weight is 505 g/mol. The van der Waals surface area contributed by atoms with Crippen LogP contribution < -0.4 is 0 Å². The van der Waals surface area contributed by atoms with Gasteiger partial charge in [0.05, 0.1) is 24.1 Å². The Morgan fingerprint density at radius 2 is 1.77 bits per heavy atom. The molecule has 0 fully saturated rings. The summed E-state index contributed by atoms with van der Waals surface area (Å²) >= 11 is 3.13. The van der Waals surface area contributed by atoms with E-state index < -0.39 is 6.04 Å². The number of benzene rings is 1. The molecule has 35 heavy (non-hydrogen) atoms. The van der Waals surface area contributed by atoms with Crippen molar-refractivity contribution in [3.63, 3.8) is 0 Å². The third-order valence-electron chi connectivity index (χ3n) is 6.28. The van der Waals surface area contributed by atoms with Crippen molar-refractivity contribution in [2.24, 2.45) is 4.99 Å². The van der Waals surface area contributed by atoms with Gasteiger partial charge in [-0.2, -0.15) is 0 Å². The summed E-state index contributed by atoms with van der Waals surface area (Å²) in [6.45, 7) is 7.70. The predicted octanol–water partition coefficient (Wildman–Crippen LogP) is 5.64. The van der Waals surface area contributed by atoms with E-state index in [1.807, 2.05) is 47.2 Å². The number of carbonyl (C=O) groups excluding carboxylic acids is 2. The number of aryl methyl sites for hydroxylation is 2. The molecule has 0 bridgehead atoms. The first-order chi connectivity index (χ1) is 16.8. The molecule has 0 saturated carbocycles. The molecule has 178 valence electrons. The normalized spacial score (nSPS) is 14.7. The maximum atomic E-state index is 12.3. The molecule has 3 aromatic heterocycles. The first-order valence-electron chi connectivity index (χ1n) is 11.2. The topological polar surface area (TPSA) is 86.4 Å². The summed E-state index contributed by atoms with van der Waals surface area (Å²) in [7, 11) is 1.38. The Bertz CT molecular complexity index is 1490. The van der Waals surface area contributed by atoms with E-state index in [1.54, 1.807) is 18.3 Å². The number of fused-ring (bicyclic) bond motifs is 3. The van der Waals surface area contributed by atoms with Gasteiger partial charge in [0.15, 0.2) is 11.6 Å². The third-order valence-corrected chi connectivity index (χ3v) is 8.49. The van der Waals surface area contributed by atoms with Crippen molar-refractivity contribution in [1.29, 1.82) is 0 Å². The van der Waals surface area contributed by atoms with Gasteiger partial charge in [-0.15, -0.1) is 32.9 Å². The molecule has 5 rings (SSSR count). The molecule has 0 aliphatic carbocycles. The summed E-state index contributed by atoms with van der Waals surface area (Å²) in [5, 5.41) is 11.6. The number of ether oxygens (including phenoxy) is 1. The number of hydrogen-bond donors (Lipinski definition) is 0. The second-order valence-electron chi connectivity index (χ2n) is 8.47. The maximum Gasteiger partial charge on any atom is 0.308 e. The number of nitrogens with zero attached hydrogens (tertiary/aromatic N) is 4. The van der Waals surface area contributed by atoms with E-state index in [2.05, 4.69) is 24.0 Å². The number of methoxy groups -OCH3 is 1. The molecular formula is C26H24N4O3S2. The van der Waals surface area contributed by atoms with Gasteiger partial charge in [-0.1, -0.05) is 24.3 Å². The van der Waals surface area contributed by atoms with Gasteiger partial charge in [-0.3, -0.25) is 19.1 Å². The molecule has 9 heteroatoms. The SMILES string of the molecule is COC(=O)C[C@@H]1N=C(c2ccc(-c3ccsc3C(C)=O)cc2)c2c(sc(C)c2C)-n2c(C)nnc21. The number of aliphatic imine (C=N–C) groups is 1. The highest BCUT2D eigenvalue weighted by molar-refractivity contribution is 7.15. The Balaban J connectivity index is 1.68. The summed E-state index contributed by atoms with van der Waals surface area (Å²) < 4.78 is 6.97. The van der Waals surface area contributed by atoms with E-state index in [0.717, 1.165) is 49.2 Å². The minimum Gasteiger partial charge on any atom is -0.469 e. The monoisotopic (exact) mass is 504 g/mol. The zero-order chi connectivity index (χ0) is 24.9. The molecule has 0 N–H and O–H groups in total. The Morgan fingerprint density at radius 3 is 2.46 bits per heavy atom. The van der Waals surface area contributed by atoms with Crippen molar-refractivity contribution >= 4 is 40.1 Å². The average Bonchev–Trinajstić information content (AvgIpc) is 3.53. The highest BCUT2D eigenvalue weighted by Crippen LogP contribution is 2.40. The zero-order valence-corrected chi connectivity index (χ0v) is 21.7. The number of aromatic nitrogens is 3. The van der Waals surface area contributed by atoms with E-state index in [0.29, 0.717) is 5.82 Å². The quantitative estimate of drug-likeness (QED) is 0.259. The molecule has 4 aromatic rings. The maximum absolute atomic E-state index is 12.3. The van der Waals surface area contributed by atoms with Crippen LogP contribution in [0.15, 0.2) is 40.7 Å². The molecule has 7 nitrogen and oxygen atoms in total. The second-order valence-corrected chi connectivity index (χ2v) is 10.6. The first kappa shape index (κ1) is 23.3. The van der Waals surface area contributed by atoms with E-state index in [1.165, 1.54) is 23.3 Å². The van der Waals surface area contributed by atoms with Crippen LogP contribution in [0.4, 0.5) is 0 Å². The van der Waals surface area contributed by atoms with Gasteiger partial charge in [0.25, 0.3) is 0 Å². The lowest BCUT2D eigenvalue weighted by Crippen LogP contribution is -2.12. The van der Waals surface area contributed by atoms with Gasteiger partial charge in [0.1, 0.15) is 16.9 Å². The second kappa shape index (κ2) is 8.98. The Hall–Kier alpha value is -3.43. The molecule has 1 aliphatic rings. The predicted molar refractivity (Wildman–Crippen MR) is 138 cm³/mol. The van der Waals surface area contributed by atoms with Crippen LogP contribution in [0.3, 0.4) is 0 Å². The number of esters is 1. The lowest BCUT2D eigenvalue weighted by molar-refractivity contribution is -0.141. The van der Waals surface area contributed by atoms with Crippen molar-refractivity contribution in [3.05, 3.63) is 73.8 Å². The largest absolute Gasteiger partial charge is 0.469 e. The van der Waals surface area contributed by atoms with E-state index in [-0.39, 0.29) is 18.2 Å². The van der Waals surface area contributed by atoms with Gasteiger partial charge in [0.2, 0.25) is 0 Å². The molecule has 1 atom stereocenters. The van der Waals surface area contributed by atoms with Crippen LogP contribution in [0.25, 0.3) is 16.1 Å². The molecule has 0 unspecified atom stereocenters. The molecule has 4 heterocycles. The molecule has 0 saturated heterocycles. The van der Waals surface area contributed by atoms with E-state index in [9.17, 15) is 9.59 Å². The summed E-state index contributed by atoms with van der Waals surface area (Å²) in [5.74, 6) is 1.09. The molecule has 0 spiro atoms. The fourth-order valence-corrected chi connectivity index (χ4v) is 6.42. The van der Waals surface area contributed by atoms with Gasteiger partial charge >= 0.3 is 5.97 Å². The van der Waals surface area contributed by atoms with Crippen LogP contribution in [-0.2, 0) is 9.53 Å². The van der Waals surface area contributed by atoms with Crippen LogP contribution in [-0.4, -0.2) is 39.3 Å². The van der Waals surface area contributed by atoms with Gasteiger partial charge in [-0.25, -0.2) is 0 Å². The molecular weight excluding hydrogens is 480 g/mol. The zero-order valence-electron chi connectivity index (χ0n) is 20.1. The number of hydrogen-bond acceptors (Lipinski definition) is 8. The first-order valence-corrected chi connectivity index (χ1v) is 12.9. The lowest BCUT2D eigenvalue weighted by Gasteiger charge is -2.12. The fourth-order valence-electron chi connectivity index (χ4n) is 4.38. The summed E-state index contributed by atoms with van der Waals surface area (Å²) in [6, 6.07) is 9.54. The van der Waals surface area contributed by atoms with Crippen molar-refractivity contribution in [2.75, 3.05) is 7.11 Å².